The van der Waals surface area contributed by atoms with E-state index in [9.17, 15) is 4.79 Å². The van der Waals surface area contributed by atoms with Gasteiger partial charge < -0.3 is 18.6 Å². The second-order valence-corrected chi connectivity index (χ2v) is 8.47. The molecule has 1 aliphatic rings. The Morgan fingerprint density at radius 3 is 2.58 bits per heavy atom. The van der Waals surface area contributed by atoms with Crippen LogP contribution in [0.1, 0.15) is 11.1 Å². The average Bonchev–Trinajstić information content (AvgIpc) is 2.83. The third-order valence-electron chi connectivity index (χ3n) is 5.45. The second kappa shape index (κ2) is 8.98. The fourth-order valence-corrected chi connectivity index (χ4v) is 4.24. The summed E-state index contributed by atoms with van der Waals surface area (Å²) in [5.74, 6) is 2.00. The Morgan fingerprint density at radius 1 is 1.03 bits per heavy atom. The van der Waals surface area contributed by atoms with Gasteiger partial charge in [-0.2, -0.15) is 0 Å². The van der Waals surface area contributed by atoms with Crippen molar-refractivity contribution in [1.29, 1.82) is 0 Å². The topological polar surface area (TPSA) is 61.1 Å². The highest BCUT2D eigenvalue weighted by Gasteiger charge is 2.23. The predicted molar refractivity (Wildman–Crippen MR) is 127 cm³/mol. The van der Waals surface area contributed by atoms with Gasteiger partial charge in [0.05, 0.1) is 18.1 Å². The molecule has 0 amide bonds. The summed E-state index contributed by atoms with van der Waals surface area (Å²) in [5.41, 5.74) is 1.96. The van der Waals surface area contributed by atoms with Gasteiger partial charge in [0, 0.05) is 23.1 Å². The van der Waals surface area contributed by atoms with E-state index in [4.69, 9.17) is 41.8 Å². The van der Waals surface area contributed by atoms with Crippen LogP contribution in [-0.2, 0) is 13.1 Å². The Labute approximate surface area is 199 Å². The van der Waals surface area contributed by atoms with Crippen molar-refractivity contribution in [3.63, 3.8) is 0 Å². The lowest BCUT2D eigenvalue weighted by atomic mass is 10.1. The fraction of sp³-hybridized carbons (Fsp3) is 0.160. The van der Waals surface area contributed by atoms with Gasteiger partial charge in [-0.3, -0.25) is 9.69 Å². The molecule has 0 N–H and O–H groups in total. The molecule has 0 saturated heterocycles. The Balaban J connectivity index is 1.43. The van der Waals surface area contributed by atoms with Crippen molar-refractivity contribution in [3.8, 4) is 23.0 Å². The quantitative estimate of drug-likeness (QED) is 0.334. The van der Waals surface area contributed by atoms with Crippen molar-refractivity contribution in [2.45, 2.75) is 13.1 Å². The minimum Gasteiger partial charge on any atom is -0.497 e. The number of benzene rings is 3. The Kier molecular flexibility index (Phi) is 5.89. The molecule has 0 atom stereocenters. The van der Waals surface area contributed by atoms with Crippen LogP contribution in [0.15, 0.2) is 70.1 Å². The number of hydrogen-bond donors (Lipinski definition) is 0. The molecule has 1 aliphatic heterocycles. The van der Waals surface area contributed by atoms with E-state index in [1.807, 2.05) is 6.07 Å². The van der Waals surface area contributed by atoms with E-state index in [0.717, 1.165) is 11.1 Å². The molecule has 8 heteroatoms. The minimum absolute atomic E-state index is 0.106. The molecule has 5 rings (SSSR count). The summed E-state index contributed by atoms with van der Waals surface area (Å²) in [7, 11) is 1.59. The number of fused-ring (bicyclic) bond motifs is 3. The van der Waals surface area contributed by atoms with E-state index in [1.165, 1.54) is 6.26 Å². The maximum absolute atomic E-state index is 13.1. The van der Waals surface area contributed by atoms with Gasteiger partial charge in [0.15, 0.2) is 0 Å². The van der Waals surface area contributed by atoms with Gasteiger partial charge in [-0.25, -0.2) is 0 Å². The first-order chi connectivity index (χ1) is 16.0. The molecule has 2 heterocycles. The molecule has 0 radical (unpaired) electrons. The minimum atomic E-state index is -0.257. The van der Waals surface area contributed by atoms with Crippen LogP contribution in [0.4, 0.5) is 0 Å². The normalized spacial score (nSPS) is 13.4. The summed E-state index contributed by atoms with van der Waals surface area (Å²) < 4.78 is 22.7. The molecule has 0 spiro atoms. The SMILES string of the molecule is COc1ccc(Oc2coc3c4c(ccc3c2=O)OCN(Cc2ccc(Cl)cc2Cl)C4)cc1. The van der Waals surface area contributed by atoms with Gasteiger partial charge in [0.25, 0.3) is 0 Å². The molecule has 0 aliphatic carbocycles. The zero-order valence-electron chi connectivity index (χ0n) is 17.6. The molecule has 0 bridgehead atoms. The van der Waals surface area contributed by atoms with E-state index < -0.39 is 0 Å². The van der Waals surface area contributed by atoms with Crippen molar-refractivity contribution in [3.05, 3.63) is 92.3 Å². The first-order valence-electron chi connectivity index (χ1n) is 10.2. The second-order valence-electron chi connectivity index (χ2n) is 7.62. The van der Waals surface area contributed by atoms with Crippen molar-refractivity contribution in [1.82, 2.24) is 4.90 Å². The molecule has 3 aromatic carbocycles. The molecule has 33 heavy (non-hydrogen) atoms. The van der Waals surface area contributed by atoms with Crippen LogP contribution in [0.5, 0.6) is 23.0 Å². The highest BCUT2D eigenvalue weighted by Crippen LogP contribution is 2.34. The molecule has 4 aromatic rings. The Hall–Kier alpha value is -3.19. The number of ether oxygens (including phenoxy) is 3. The lowest BCUT2D eigenvalue weighted by Crippen LogP contribution is -2.31. The van der Waals surface area contributed by atoms with Gasteiger partial charge in [-0.05, 0) is 54.1 Å². The maximum atomic E-state index is 13.1. The first kappa shape index (κ1) is 21.6. The summed E-state index contributed by atoms with van der Waals surface area (Å²) in [6, 6.07) is 15.9. The lowest BCUT2D eigenvalue weighted by Gasteiger charge is -2.29. The fourth-order valence-electron chi connectivity index (χ4n) is 3.77. The molecule has 0 unspecified atom stereocenters. The zero-order valence-corrected chi connectivity index (χ0v) is 19.2. The predicted octanol–water partition coefficient (Wildman–Crippen LogP) is 6.25. The van der Waals surface area contributed by atoms with Crippen molar-refractivity contribution >= 4 is 34.2 Å². The molecular weight excluding hydrogens is 465 g/mol. The van der Waals surface area contributed by atoms with Crippen LogP contribution in [-0.4, -0.2) is 18.7 Å². The molecule has 6 nitrogen and oxygen atoms in total. The third-order valence-corrected chi connectivity index (χ3v) is 6.04. The van der Waals surface area contributed by atoms with E-state index in [-0.39, 0.29) is 11.2 Å². The van der Waals surface area contributed by atoms with Gasteiger partial charge >= 0.3 is 0 Å². The van der Waals surface area contributed by atoms with Crippen LogP contribution >= 0.6 is 23.2 Å². The highest BCUT2D eigenvalue weighted by atomic mass is 35.5. The van der Waals surface area contributed by atoms with Crippen molar-refractivity contribution in [2.75, 3.05) is 13.8 Å². The summed E-state index contributed by atoms with van der Waals surface area (Å²) in [4.78, 5) is 15.2. The third kappa shape index (κ3) is 4.37. The number of hydrogen-bond acceptors (Lipinski definition) is 6. The van der Waals surface area contributed by atoms with Crippen LogP contribution in [0, 0.1) is 0 Å². The summed E-state index contributed by atoms with van der Waals surface area (Å²) in [5, 5.41) is 1.61. The first-order valence-corrected chi connectivity index (χ1v) is 11.0. The Morgan fingerprint density at radius 2 is 1.82 bits per heavy atom. The summed E-state index contributed by atoms with van der Waals surface area (Å²) in [6.07, 6.45) is 1.34. The summed E-state index contributed by atoms with van der Waals surface area (Å²) in [6.45, 7) is 1.49. The van der Waals surface area contributed by atoms with Crippen LogP contribution in [0.25, 0.3) is 11.0 Å². The van der Waals surface area contributed by atoms with E-state index >= 15 is 0 Å². The number of nitrogens with zero attached hydrogens (tertiary/aromatic N) is 1. The number of rotatable bonds is 5. The number of halogens is 2. The monoisotopic (exact) mass is 483 g/mol. The molecule has 168 valence electrons. The molecular formula is C25H19Cl2NO5. The zero-order chi connectivity index (χ0) is 22.9. The van der Waals surface area contributed by atoms with Crippen LogP contribution < -0.4 is 19.6 Å². The summed E-state index contributed by atoms with van der Waals surface area (Å²) >= 11 is 12.3. The van der Waals surface area contributed by atoms with Crippen molar-refractivity contribution < 1.29 is 18.6 Å². The van der Waals surface area contributed by atoms with Crippen molar-refractivity contribution in [2.24, 2.45) is 0 Å². The Bertz CT molecular complexity index is 1380. The van der Waals surface area contributed by atoms with E-state index in [0.29, 0.717) is 58.1 Å². The van der Waals surface area contributed by atoms with Crippen LogP contribution in [0.3, 0.4) is 0 Å². The van der Waals surface area contributed by atoms with E-state index in [1.54, 1.807) is 55.6 Å². The maximum Gasteiger partial charge on any atom is 0.235 e. The van der Waals surface area contributed by atoms with Gasteiger partial charge in [0.1, 0.15) is 35.8 Å². The van der Waals surface area contributed by atoms with Gasteiger partial charge in [0.2, 0.25) is 11.2 Å². The van der Waals surface area contributed by atoms with Gasteiger partial charge in [-0.1, -0.05) is 29.3 Å². The standard InChI is InChI=1S/C25H19Cl2NO5/c1-30-17-4-6-18(7-5-17)33-23-13-31-25-19(24(23)29)8-9-22-20(25)12-28(14-32-22)11-15-2-3-16(26)10-21(15)27/h2-10,13H,11-12,14H2,1H3. The highest BCUT2D eigenvalue weighted by molar-refractivity contribution is 6.35. The average molecular weight is 484 g/mol. The largest absolute Gasteiger partial charge is 0.497 e. The van der Waals surface area contributed by atoms with E-state index in [2.05, 4.69) is 4.90 Å². The van der Waals surface area contributed by atoms with Crippen LogP contribution in [0.2, 0.25) is 10.0 Å². The molecule has 1 aromatic heterocycles. The number of methoxy groups -OCH3 is 1. The molecule has 0 fully saturated rings. The van der Waals surface area contributed by atoms with Gasteiger partial charge in [-0.15, -0.1) is 0 Å². The molecule has 0 saturated carbocycles. The smallest absolute Gasteiger partial charge is 0.235 e. The lowest BCUT2D eigenvalue weighted by molar-refractivity contribution is 0.0890.